The fourth-order valence-corrected chi connectivity index (χ4v) is 4.51. The summed E-state index contributed by atoms with van der Waals surface area (Å²) in [4.78, 5) is 66.6. The molecule has 0 spiro atoms. The van der Waals surface area contributed by atoms with E-state index < -0.39 is 60.2 Å². The van der Waals surface area contributed by atoms with Gasteiger partial charge in [0.05, 0.1) is 12.5 Å². The minimum atomic E-state index is -1.49. The summed E-state index contributed by atoms with van der Waals surface area (Å²) in [5.41, 5.74) is 13.7. The molecule has 1 heterocycles. The zero-order valence-corrected chi connectivity index (χ0v) is 23.6. The molecule has 0 radical (unpaired) electrons. The van der Waals surface area contributed by atoms with Gasteiger partial charge in [0.1, 0.15) is 18.1 Å². The highest BCUT2D eigenvalue weighted by Gasteiger charge is 2.32. The third kappa shape index (κ3) is 8.64. The fraction of sp³-hybridized carbons (Fsp3) is 0.367. The fourth-order valence-electron chi connectivity index (χ4n) is 4.51. The summed E-state index contributed by atoms with van der Waals surface area (Å²) in [7, 11) is 0. The van der Waals surface area contributed by atoms with Crippen molar-refractivity contribution in [1.82, 2.24) is 20.9 Å². The van der Waals surface area contributed by atoms with Crippen LogP contribution in [0.4, 0.5) is 0 Å². The van der Waals surface area contributed by atoms with Crippen LogP contribution in [0.2, 0.25) is 0 Å². The third-order valence-electron chi connectivity index (χ3n) is 7.23. The molecule has 42 heavy (non-hydrogen) atoms. The summed E-state index contributed by atoms with van der Waals surface area (Å²) in [6.45, 7) is 3.71. The molecule has 5 atom stereocenters. The van der Waals surface area contributed by atoms with Gasteiger partial charge in [0.2, 0.25) is 23.6 Å². The molecule has 3 aromatic rings. The average molecular weight is 579 g/mol. The Morgan fingerprint density at radius 1 is 0.833 bits per heavy atom. The summed E-state index contributed by atoms with van der Waals surface area (Å²) in [6.07, 6.45) is 1.80. The molecule has 0 saturated carbocycles. The number of nitrogens with one attached hydrogen (secondary N) is 4. The summed E-state index contributed by atoms with van der Waals surface area (Å²) in [5, 5.41) is 18.1. The molecule has 12 heteroatoms. The zero-order valence-electron chi connectivity index (χ0n) is 23.6. The van der Waals surface area contributed by atoms with Crippen molar-refractivity contribution >= 4 is 40.5 Å². The molecule has 9 N–H and O–H groups in total. The normalized spacial score (nSPS) is 14.6. The molecule has 0 fully saturated rings. The maximum Gasteiger partial charge on any atom is 0.326 e. The van der Waals surface area contributed by atoms with Gasteiger partial charge in [0.25, 0.3) is 0 Å². The topological polar surface area (TPSA) is 209 Å². The van der Waals surface area contributed by atoms with E-state index in [4.69, 9.17) is 11.5 Å². The van der Waals surface area contributed by atoms with Gasteiger partial charge in [0.15, 0.2) is 0 Å². The number of carbonyl (C=O) groups is 5. The number of aliphatic carboxylic acids is 1. The number of hydrogen-bond acceptors (Lipinski definition) is 6. The SMILES string of the molecule is CCC(C)C(N)C(=O)NC(Cc1c[nH]c2ccccc12)C(=O)NC(CC(N)=O)C(=O)NC(Cc1ccccc1)C(=O)O. The van der Waals surface area contributed by atoms with E-state index in [0.717, 1.165) is 16.5 Å². The second-order valence-corrected chi connectivity index (χ2v) is 10.4. The molecule has 0 aliphatic heterocycles. The second-order valence-electron chi connectivity index (χ2n) is 10.4. The van der Waals surface area contributed by atoms with Crippen LogP contribution in [-0.2, 0) is 36.8 Å². The monoisotopic (exact) mass is 578 g/mol. The van der Waals surface area contributed by atoms with Crippen LogP contribution in [0.5, 0.6) is 0 Å². The quantitative estimate of drug-likeness (QED) is 0.137. The number of fused-ring (bicyclic) bond motifs is 1. The van der Waals surface area contributed by atoms with Crippen LogP contribution in [0.15, 0.2) is 60.8 Å². The number of carbonyl (C=O) groups excluding carboxylic acids is 4. The lowest BCUT2D eigenvalue weighted by Crippen LogP contribution is -2.58. The van der Waals surface area contributed by atoms with Crippen molar-refractivity contribution in [3.63, 3.8) is 0 Å². The standard InChI is InChI=1S/C30H38N6O6/c1-3-17(2)26(32)29(40)35-22(14-19-16-33-21-12-8-7-11-20(19)21)27(38)34-23(15-25(31)37)28(39)36-24(30(41)42)13-18-9-5-4-6-10-18/h4-12,16-17,22-24,26,33H,3,13-15,32H2,1-2H3,(H2,31,37)(H,34,38)(H,35,40)(H,36,39)(H,41,42). The first-order chi connectivity index (χ1) is 20.0. The molecule has 12 nitrogen and oxygen atoms in total. The minimum absolute atomic E-state index is 0.0219. The number of aromatic nitrogens is 1. The number of rotatable bonds is 15. The van der Waals surface area contributed by atoms with Crippen LogP contribution < -0.4 is 27.4 Å². The van der Waals surface area contributed by atoms with Crippen LogP contribution in [0, 0.1) is 5.92 Å². The average Bonchev–Trinajstić information content (AvgIpc) is 3.38. The van der Waals surface area contributed by atoms with Crippen LogP contribution in [-0.4, -0.2) is 63.9 Å². The molecule has 224 valence electrons. The van der Waals surface area contributed by atoms with Crippen LogP contribution in [0.3, 0.4) is 0 Å². The summed E-state index contributed by atoms with van der Waals surface area (Å²) >= 11 is 0. The van der Waals surface area contributed by atoms with Gasteiger partial charge >= 0.3 is 5.97 Å². The van der Waals surface area contributed by atoms with Gasteiger partial charge in [-0.3, -0.25) is 19.2 Å². The Labute approximate surface area is 243 Å². The Morgan fingerprint density at radius 3 is 2.07 bits per heavy atom. The van der Waals surface area contributed by atoms with Gasteiger partial charge in [0, 0.05) is 29.9 Å². The molecule has 3 rings (SSSR count). The number of H-pyrrole nitrogens is 1. The maximum absolute atomic E-state index is 13.6. The number of hydrogen-bond donors (Lipinski definition) is 7. The Hall–Kier alpha value is -4.71. The third-order valence-corrected chi connectivity index (χ3v) is 7.23. The molecule has 0 aliphatic rings. The first-order valence-electron chi connectivity index (χ1n) is 13.8. The molecule has 0 aliphatic carbocycles. The van der Waals surface area contributed by atoms with Gasteiger partial charge in [-0.25, -0.2) is 4.79 Å². The van der Waals surface area contributed by atoms with Crippen molar-refractivity contribution in [2.75, 3.05) is 0 Å². The maximum atomic E-state index is 13.6. The molecule has 5 unspecified atom stereocenters. The summed E-state index contributed by atoms with van der Waals surface area (Å²) in [5.74, 6) is -4.55. The van der Waals surface area contributed by atoms with Gasteiger partial charge < -0.3 is 37.5 Å². The lowest BCUT2D eigenvalue weighted by atomic mass is 9.98. The Morgan fingerprint density at radius 2 is 1.43 bits per heavy atom. The lowest BCUT2D eigenvalue weighted by Gasteiger charge is -2.26. The molecular formula is C30H38N6O6. The lowest BCUT2D eigenvalue weighted by molar-refractivity contribution is -0.142. The highest BCUT2D eigenvalue weighted by Crippen LogP contribution is 2.19. The Balaban J connectivity index is 1.83. The van der Waals surface area contributed by atoms with Crippen LogP contribution in [0.25, 0.3) is 10.9 Å². The van der Waals surface area contributed by atoms with E-state index >= 15 is 0 Å². The van der Waals surface area contributed by atoms with E-state index in [-0.39, 0.29) is 18.8 Å². The van der Waals surface area contributed by atoms with Gasteiger partial charge in [-0.15, -0.1) is 0 Å². The summed E-state index contributed by atoms with van der Waals surface area (Å²) in [6, 6.07) is 11.2. The number of para-hydroxylation sites is 1. The molecule has 1 aromatic heterocycles. The second kappa shape index (κ2) is 14.8. The number of amides is 4. The number of aromatic amines is 1. The first kappa shape index (κ1) is 31.8. The zero-order chi connectivity index (χ0) is 30.8. The number of benzene rings is 2. The number of primary amides is 1. The Bertz CT molecular complexity index is 1410. The minimum Gasteiger partial charge on any atom is -0.480 e. The van der Waals surface area contributed by atoms with Gasteiger partial charge in [-0.05, 0) is 23.1 Å². The molecule has 0 saturated heterocycles. The van der Waals surface area contributed by atoms with Crippen molar-refractivity contribution in [3.05, 3.63) is 71.9 Å². The summed E-state index contributed by atoms with van der Waals surface area (Å²) < 4.78 is 0. The van der Waals surface area contributed by atoms with Crippen molar-refractivity contribution in [1.29, 1.82) is 0 Å². The van der Waals surface area contributed by atoms with E-state index in [1.807, 2.05) is 38.1 Å². The number of carboxylic acid groups (broad SMARTS) is 1. The van der Waals surface area contributed by atoms with Gasteiger partial charge in [-0.1, -0.05) is 68.8 Å². The highest BCUT2D eigenvalue weighted by molar-refractivity contribution is 5.96. The predicted molar refractivity (Wildman–Crippen MR) is 157 cm³/mol. The van der Waals surface area contributed by atoms with Gasteiger partial charge in [-0.2, -0.15) is 0 Å². The van der Waals surface area contributed by atoms with E-state index in [1.54, 1.807) is 36.5 Å². The van der Waals surface area contributed by atoms with E-state index in [2.05, 4.69) is 20.9 Å². The van der Waals surface area contributed by atoms with Crippen molar-refractivity contribution < 1.29 is 29.1 Å². The van der Waals surface area contributed by atoms with E-state index in [9.17, 15) is 29.1 Å². The molecule has 0 bridgehead atoms. The van der Waals surface area contributed by atoms with E-state index in [0.29, 0.717) is 12.0 Å². The smallest absolute Gasteiger partial charge is 0.326 e. The largest absolute Gasteiger partial charge is 0.480 e. The van der Waals surface area contributed by atoms with Crippen LogP contribution >= 0.6 is 0 Å². The molecule has 2 aromatic carbocycles. The van der Waals surface area contributed by atoms with E-state index in [1.165, 1.54) is 0 Å². The van der Waals surface area contributed by atoms with Crippen molar-refractivity contribution in [2.24, 2.45) is 17.4 Å². The Kier molecular flexibility index (Phi) is 11.2. The van der Waals surface area contributed by atoms with Crippen molar-refractivity contribution in [2.45, 2.75) is 63.7 Å². The molecule has 4 amide bonds. The number of carboxylic acids is 1. The van der Waals surface area contributed by atoms with Crippen LogP contribution in [0.1, 0.15) is 37.8 Å². The number of nitrogens with two attached hydrogens (primary N) is 2. The predicted octanol–water partition coefficient (Wildman–Crippen LogP) is 0.741. The molecular weight excluding hydrogens is 540 g/mol. The first-order valence-corrected chi connectivity index (χ1v) is 13.8. The van der Waals surface area contributed by atoms with Crippen molar-refractivity contribution in [3.8, 4) is 0 Å². The highest BCUT2D eigenvalue weighted by atomic mass is 16.4.